The van der Waals surface area contributed by atoms with Crippen LogP contribution in [0.25, 0.3) is 21.9 Å². The highest BCUT2D eigenvalue weighted by molar-refractivity contribution is 5.98. The Kier molecular flexibility index (Phi) is 2.85. The first-order valence-corrected chi connectivity index (χ1v) is 6.31. The second-order valence-corrected chi connectivity index (χ2v) is 4.61. The summed E-state index contributed by atoms with van der Waals surface area (Å²) in [6, 6.07) is 19.3. The molecule has 0 radical (unpaired) electrons. The highest BCUT2D eigenvalue weighted by Gasteiger charge is 2.15. The van der Waals surface area contributed by atoms with E-state index in [1.54, 1.807) is 13.1 Å². The summed E-state index contributed by atoms with van der Waals surface area (Å²) in [5.74, 6) is 0. The molecule has 0 bridgehead atoms. The number of aromatic nitrogens is 1. The Bertz CT molecular complexity index is 886. The predicted octanol–water partition coefficient (Wildman–Crippen LogP) is 3.08. The molecule has 0 N–H and O–H groups in total. The van der Waals surface area contributed by atoms with E-state index in [0.717, 1.165) is 16.5 Å². The molecule has 0 fully saturated rings. The van der Waals surface area contributed by atoms with E-state index in [9.17, 15) is 10.1 Å². The van der Waals surface area contributed by atoms with Crippen LogP contribution in [-0.4, -0.2) is 4.57 Å². The van der Waals surface area contributed by atoms with Crippen molar-refractivity contribution in [2.24, 2.45) is 7.05 Å². The minimum Gasteiger partial charge on any atom is -0.302 e. The van der Waals surface area contributed by atoms with Gasteiger partial charge in [-0.1, -0.05) is 48.5 Å². The normalized spacial score (nSPS) is 10.4. The van der Waals surface area contributed by atoms with Gasteiger partial charge in [0, 0.05) is 18.0 Å². The summed E-state index contributed by atoms with van der Waals surface area (Å²) in [4.78, 5) is 12.3. The van der Waals surface area contributed by atoms with Crippen LogP contribution in [0.15, 0.2) is 59.4 Å². The molecule has 2 aromatic carbocycles. The maximum absolute atomic E-state index is 12.3. The second-order valence-electron chi connectivity index (χ2n) is 4.61. The molecule has 96 valence electrons. The van der Waals surface area contributed by atoms with Crippen molar-refractivity contribution in [1.29, 1.82) is 5.26 Å². The Balaban J connectivity index is 2.57. The van der Waals surface area contributed by atoms with Gasteiger partial charge in [0.25, 0.3) is 5.56 Å². The highest BCUT2D eigenvalue weighted by Crippen LogP contribution is 2.29. The van der Waals surface area contributed by atoms with Crippen molar-refractivity contribution in [3.8, 4) is 17.2 Å². The molecule has 3 aromatic rings. The zero-order valence-electron chi connectivity index (χ0n) is 11.0. The number of hydrogen-bond acceptors (Lipinski definition) is 2. The summed E-state index contributed by atoms with van der Waals surface area (Å²) in [7, 11) is 1.64. The molecule has 1 heterocycles. The van der Waals surface area contributed by atoms with E-state index in [-0.39, 0.29) is 5.56 Å². The summed E-state index contributed by atoms with van der Waals surface area (Å²) in [6.07, 6.45) is 0. The summed E-state index contributed by atoms with van der Waals surface area (Å²) in [5.41, 5.74) is 2.00. The van der Waals surface area contributed by atoms with Crippen LogP contribution in [0.1, 0.15) is 5.69 Å². The van der Waals surface area contributed by atoms with Crippen LogP contribution >= 0.6 is 0 Å². The molecule has 0 spiro atoms. The van der Waals surface area contributed by atoms with Crippen molar-refractivity contribution in [2.75, 3.05) is 0 Å². The van der Waals surface area contributed by atoms with Crippen molar-refractivity contribution in [3.63, 3.8) is 0 Å². The fourth-order valence-electron chi connectivity index (χ4n) is 2.49. The highest BCUT2D eigenvalue weighted by atomic mass is 16.1. The van der Waals surface area contributed by atoms with Gasteiger partial charge in [0.1, 0.15) is 11.8 Å². The van der Waals surface area contributed by atoms with Crippen LogP contribution in [-0.2, 0) is 7.05 Å². The maximum atomic E-state index is 12.3. The minimum atomic E-state index is -0.142. The fraction of sp³-hybridized carbons (Fsp3) is 0.0588. The number of nitrogens with zero attached hydrogens (tertiary/aromatic N) is 2. The smallest absolute Gasteiger partial charge is 0.259 e. The minimum absolute atomic E-state index is 0.142. The third-order valence-corrected chi connectivity index (χ3v) is 3.47. The molecule has 0 amide bonds. The lowest BCUT2D eigenvalue weighted by Gasteiger charge is -2.12. The molecule has 0 atom stereocenters. The number of fused-ring (bicyclic) bond motifs is 1. The van der Waals surface area contributed by atoms with Crippen LogP contribution in [0, 0.1) is 11.3 Å². The van der Waals surface area contributed by atoms with Crippen LogP contribution in [0.3, 0.4) is 0 Å². The SMILES string of the molecule is Cn1c(C#N)c(-c2ccccc2)c2ccccc2c1=O. The number of pyridine rings is 1. The van der Waals surface area contributed by atoms with Gasteiger partial charge < -0.3 is 4.57 Å². The third-order valence-electron chi connectivity index (χ3n) is 3.47. The first-order valence-electron chi connectivity index (χ1n) is 6.31. The van der Waals surface area contributed by atoms with Crippen molar-refractivity contribution >= 4 is 10.8 Å². The summed E-state index contributed by atoms with van der Waals surface area (Å²) < 4.78 is 1.42. The summed E-state index contributed by atoms with van der Waals surface area (Å²) in [6.45, 7) is 0. The molecule has 0 aliphatic carbocycles. The molecular formula is C17H12N2O. The molecule has 3 rings (SSSR count). The Labute approximate surface area is 116 Å². The van der Waals surface area contributed by atoms with Gasteiger partial charge in [-0.05, 0) is 17.0 Å². The van der Waals surface area contributed by atoms with E-state index >= 15 is 0 Å². The van der Waals surface area contributed by atoms with Crippen molar-refractivity contribution in [3.05, 3.63) is 70.6 Å². The summed E-state index contributed by atoms with van der Waals surface area (Å²) >= 11 is 0. The van der Waals surface area contributed by atoms with Crippen molar-refractivity contribution < 1.29 is 0 Å². The van der Waals surface area contributed by atoms with Crippen LogP contribution in [0.5, 0.6) is 0 Å². The lowest BCUT2D eigenvalue weighted by atomic mass is 9.97. The Hall–Kier alpha value is -2.86. The summed E-state index contributed by atoms with van der Waals surface area (Å²) in [5, 5.41) is 10.9. The molecule has 1 aromatic heterocycles. The van der Waals surface area contributed by atoms with E-state index in [1.165, 1.54) is 4.57 Å². The number of nitriles is 1. The second kappa shape index (κ2) is 4.67. The maximum Gasteiger partial charge on any atom is 0.259 e. The Morgan fingerprint density at radius 3 is 2.20 bits per heavy atom. The fourth-order valence-corrected chi connectivity index (χ4v) is 2.49. The van der Waals surface area contributed by atoms with E-state index in [0.29, 0.717) is 11.1 Å². The average molecular weight is 260 g/mol. The lowest BCUT2D eigenvalue weighted by Crippen LogP contribution is -2.20. The molecule has 3 heteroatoms. The van der Waals surface area contributed by atoms with Gasteiger partial charge in [-0.2, -0.15) is 5.26 Å². The Morgan fingerprint density at radius 2 is 1.55 bits per heavy atom. The van der Waals surface area contributed by atoms with E-state index in [4.69, 9.17) is 0 Å². The van der Waals surface area contributed by atoms with Gasteiger partial charge in [-0.25, -0.2) is 0 Å². The molecule has 3 nitrogen and oxygen atoms in total. The van der Waals surface area contributed by atoms with Gasteiger partial charge in [0.15, 0.2) is 0 Å². The first kappa shape index (κ1) is 12.2. The molecule has 0 saturated carbocycles. The van der Waals surface area contributed by atoms with Gasteiger partial charge in [0.05, 0.1) is 0 Å². The third kappa shape index (κ3) is 1.70. The average Bonchev–Trinajstić information content (AvgIpc) is 2.51. The zero-order chi connectivity index (χ0) is 14.1. The van der Waals surface area contributed by atoms with Gasteiger partial charge in [-0.3, -0.25) is 4.79 Å². The molecule has 0 aliphatic rings. The van der Waals surface area contributed by atoms with Crippen LogP contribution in [0.4, 0.5) is 0 Å². The van der Waals surface area contributed by atoms with E-state index < -0.39 is 0 Å². The monoisotopic (exact) mass is 260 g/mol. The molecule has 0 aliphatic heterocycles. The molecule has 0 saturated heterocycles. The van der Waals surface area contributed by atoms with Crippen molar-refractivity contribution in [2.45, 2.75) is 0 Å². The number of rotatable bonds is 1. The van der Waals surface area contributed by atoms with Crippen LogP contribution < -0.4 is 5.56 Å². The van der Waals surface area contributed by atoms with Crippen molar-refractivity contribution in [1.82, 2.24) is 4.57 Å². The van der Waals surface area contributed by atoms with Gasteiger partial charge in [0.2, 0.25) is 0 Å². The quantitative estimate of drug-likeness (QED) is 0.675. The van der Waals surface area contributed by atoms with E-state index in [1.807, 2.05) is 48.5 Å². The number of benzene rings is 2. The largest absolute Gasteiger partial charge is 0.302 e. The van der Waals surface area contributed by atoms with Gasteiger partial charge in [-0.15, -0.1) is 0 Å². The zero-order valence-corrected chi connectivity index (χ0v) is 11.0. The van der Waals surface area contributed by atoms with E-state index in [2.05, 4.69) is 6.07 Å². The molecule has 20 heavy (non-hydrogen) atoms. The molecular weight excluding hydrogens is 248 g/mol. The first-order chi connectivity index (χ1) is 9.74. The lowest BCUT2D eigenvalue weighted by molar-refractivity contribution is 0.856. The standard InChI is InChI=1S/C17H12N2O/c1-19-15(11-18)16(12-7-3-2-4-8-12)13-9-5-6-10-14(13)17(19)20/h2-10H,1H3. The van der Waals surface area contributed by atoms with Crippen LogP contribution in [0.2, 0.25) is 0 Å². The van der Waals surface area contributed by atoms with Gasteiger partial charge >= 0.3 is 0 Å². The number of hydrogen-bond donors (Lipinski definition) is 0. The topological polar surface area (TPSA) is 45.8 Å². The Morgan fingerprint density at radius 1 is 0.950 bits per heavy atom. The predicted molar refractivity (Wildman–Crippen MR) is 79.3 cm³/mol. The molecule has 0 unspecified atom stereocenters.